The molecular weight excluding hydrogens is 367 g/mol. The first-order chi connectivity index (χ1) is 14.8. The molecule has 0 radical (unpaired) electrons. The van der Waals surface area contributed by atoms with E-state index in [2.05, 4.69) is 13.0 Å². The standard InChI is InChI=1S/C29H51F/c1-2-3-4-5-6-9-24-11-15-26(16-12-24)28-19-21-29(22-20-28)27-17-13-25(14-18-27)10-7-8-23-30/h7-8,24-29H,2-6,9-23H2,1H3/b8-7+. The zero-order valence-corrected chi connectivity index (χ0v) is 20.1. The molecule has 0 unspecified atom stereocenters. The van der Waals surface area contributed by atoms with E-state index in [-0.39, 0.29) is 6.67 Å². The predicted molar refractivity (Wildman–Crippen MR) is 129 cm³/mol. The minimum Gasteiger partial charge on any atom is -0.247 e. The summed E-state index contributed by atoms with van der Waals surface area (Å²) in [4.78, 5) is 0. The van der Waals surface area contributed by atoms with Crippen LogP contribution in [0.25, 0.3) is 0 Å². The Morgan fingerprint density at radius 1 is 0.567 bits per heavy atom. The number of unbranched alkanes of at least 4 members (excludes halogenated alkanes) is 4. The van der Waals surface area contributed by atoms with E-state index >= 15 is 0 Å². The van der Waals surface area contributed by atoms with Crippen molar-refractivity contribution < 1.29 is 4.39 Å². The molecule has 0 atom stereocenters. The van der Waals surface area contributed by atoms with Crippen LogP contribution in [0.3, 0.4) is 0 Å². The lowest BCUT2D eigenvalue weighted by Gasteiger charge is -2.41. The third-order valence-electron chi connectivity index (χ3n) is 9.37. The van der Waals surface area contributed by atoms with Gasteiger partial charge in [-0.05, 0) is 106 Å². The molecule has 3 saturated carbocycles. The van der Waals surface area contributed by atoms with E-state index < -0.39 is 0 Å². The first kappa shape index (κ1) is 24.3. The van der Waals surface area contributed by atoms with Crippen molar-refractivity contribution in [3.63, 3.8) is 0 Å². The van der Waals surface area contributed by atoms with Gasteiger partial charge in [0.25, 0.3) is 0 Å². The number of allylic oxidation sites excluding steroid dienone is 2. The molecule has 0 spiro atoms. The van der Waals surface area contributed by atoms with Gasteiger partial charge in [0.1, 0.15) is 6.67 Å². The lowest BCUT2D eigenvalue weighted by Crippen LogP contribution is -2.29. The topological polar surface area (TPSA) is 0 Å². The molecule has 3 rings (SSSR count). The molecule has 3 aliphatic rings. The quantitative estimate of drug-likeness (QED) is 0.231. The summed E-state index contributed by atoms with van der Waals surface area (Å²) < 4.78 is 12.2. The molecule has 0 aromatic heterocycles. The van der Waals surface area contributed by atoms with Gasteiger partial charge >= 0.3 is 0 Å². The van der Waals surface area contributed by atoms with Crippen LogP contribution in [0.2, 0.25) is 0 Å². The SMILES string of the molecule is CCCCCCCC1CCC(C2CCC(C3CCC(C/C=C/CF)CC3)CC2)CC1. The van der Waals surface area contributed by atoms with Crippen molar-refractivity contribution in [1.29, 1.82) is 0 Å². The molecule has 30 heavy (non-hydrogen) atoms. The fourth-order valence-corrected chi connectivity index (χ4v) is 7.32. The van der Waals surface area contributed by atoms with E-state index in [9.17, 15) is 4.39 Å². The maximum absolute atomic E-state index is 12.2. The van der Waals surface area contributed by atoms with E-state index in [1.807, 2.05) is 0 Å². The summed E-state index contributed by atoms with van der Waals surface area (Å²) in [7, 11) is 0. The monoisotopic (exact) mass is 418 g/mol. The highest BCUT2D eigenvalue weighted by atomic mass is 19.1. The normalized spacial score (nSPS) is 35.7. The predicted octanol–water partition coefficient (Wildman–Crippen LogP) is 9.68. The van der Waals surface area contributed by atoms with Gasteiger partial charge in [-0.15, -0.1) is 0 Å². The molecule has 3 fully saturated rings. The van der Waals surface area contributed by atoms with E-state index in [0.717, 1.165) is 41.9 Å². The molecule has 0 aliphatic heterocycles. The molecule has 0 N–H and O–H groups in total. The van der Waals surface area contributed by atoms with Crippen LogP contribution in [0.5, 0.6) is 0 Å². The van der Waals surface area contributed by atoms with Gasteiger partial charge in [-0.2, -0.15) is 0 Å². The van der Waals surface area contributed by atoms with Crippen LogP contribution < -0.4 is 0 Å². The van der Waals surface area contributed by atoms with Crippen molar-refractivity contribution >= 4 is 0 Å². The number of halogens is 1. The van der Waals surface area contributed by atoms with Crippen LogP contribution in [-0.4, -0.2) is 6.67 Å². The highest BCUT2D eigenvalue weighted by Crippen LogP contribution is 2.46. The summed E-state index contributed by atoms with van der Waals surface area (Å²) in [6.45, 7) is 2.02. The fourth-order valence-electron chi connectivity index (χ4n) is 7.32. The third-order valence-corrected chi connectivity index (χ3v) is 9.37. The second-order valence-corrected chi connectivity index (χ2v) is 11.3. The average Bonchev–Trinajstić information content (AvgIpc) is 2.80. The molecule has 0 aromatic rings. The van der Waals surface area contributed by atoms with Crippen molar-refractivity contribution in [1.82, 2.24) is 0 Å². The van der Waals surface area contributed by atoms with Crippen LogP contribution in [-0.2, 0) is 0 Å². The zero-order valence-electron chi connectivity index (χ0n) is 20.1. The molecular formula is C29H51F. The molecule has 0 bridgehead atoms. The summed E-state index contributed by atoms with van der Waals surface area (Å²) in [5.74, 6) is 6.07. The fraction of sp³-hybridized carbons (Fsp3) is 0.931. The van der Waals surface area contributed by atoms with Gasteiger partial charge in [-0.1, -0.05) is 70.4 Å². The molecule has 0 saturated heterocycles. The Morgan fingerprint density at radius 2 is 1.03 bits per heavy atom. The van der Waals surface area contributed by atoms with E-state index in [0.29, 0.717) is 0 Å². The number of hydrogen-bond donors (Lipinski definition) is 0. The molecule has 1 heteroatoms. The Balaban J connectivity index is 1.27. The number of rotatable bonds is 11. The molecule has 0 amide bonds. The molecule has 3 aliphatic carbocycles. The maximum atomic E-state index is 12.2. The third kappa shape index (κ3) is 7.98. The second-order valence-electron chi connectivity index (χ2n) is 11.3. The minimum absolute atomic E-state index is 0.292. The molecule has 0 aromatic carbocycles. The van der Waals surface area contributed by atoms with Crippen molar-refractivity contribution in [2.75, 3.05) is 6.67 Å². The van der Waals surface area contributed by atoms with Gasteiger partial charge in [0.05, 0.1) is 0 Å². The Labute approximate surface area is 187 Å². The summed E-state index contributed by atoms with van der Waals surface area (Å²) in [6.07, 6.45) is 31.7. The summed E-state index contributed by atoms with van der Waals surface area (Å²) in [6, 6.07) is 0. The van der Waals surface area contributed by atoms with Crippen LogP contribution >= 0.6 is 0 Å². The van der Waals surface area contributed by atoms with E-state index in [1.54, 1.807) is 31.8 Å². The molecule has 0 nitrogen and oxygen atoms in total. The van der Waals surface area contributed by atoms with Gasteiger partial charge < -0.3 is 0 Å². The summed E-state index contributed by atoms with van der Waals surface area (Å²) >= 11 is 0. The van der Waals surface area contributed by atoms with Crippen molar-refractivity contribution in [3.8, 4) is 0 Å². The zero-order chi connectivity index (χ0) is 21.0. The first-order valence-electron chi connectivity index (χ1n) is 14.0. The van der Waals surface area contributed by atoms with Gasteiger partial charge in [-0.3, -0.25) is 0 Å². The Kier molecular flexibility index (Phi) is 11.3. The first-order valence-corrected chi connectivity index (χ1v) is 14.0. The van der Waals surface area contributed by atoms with Gasteiger partial charge in [0.2, 0.25) is 0 Å². The smallest absolute Gasteiger partial charge is 0.108 e. The van der Waals surface area contributed by atoms with Crippen molar-refractivity contribution in [2.24, 2.45) is 35.5 Å². The van der Waals surface area contributed by atoms with Crippen LogP contribution in [0, 0.1) is 35.5 Å². The van der Waals surface area contributed by atoms with Gasteiger partial charge in [0.15, 0.2) is 0 Å². The highest BCUT2D eigenvalue weighted by molar-refractivity contribution is 4.88. The van der Waals surface area contributed by atoms with Crippen molar-refractivity contribution in [2.45, 2.75) is 129 Å². The van der Waals surface area contributed by atoms with Gasteiger partial charge in [-0.25, -0.2) is 4.39 Å². The number of hydrogen-bond acceptors (Lipinski definition) is 0. The molecule has 0 heterocycles. The van der Waals surface area contributed by atoms with Crippen molar-refractivity contribution in [3.05, 3.63) is 12.2 Å². The van der Waals surface area contributed by atoms with Crippen LogP contribution in [0.15, 0.2) is 12.2 Å². The Morgan fingerprint density at radius 3 is 1.53 bits per heavy atom. The second kappa shape index (κ2) is 13.9. The lowest BCUT2D eigenvalue weighted by molar-refractivity contribution is 0.103. The lowest BCUT2D eigenvalue weighted by atomic mass is 9.64. The van der Waals surface area contributed by atoms with E-state index in [4.69, 9.17) is 0 Å². The number of alkyl halides is 1. The highest BCUT2D eigenvalue weighted by Gasteiger charge is 2.34. The minimum atomic E-state index is -0.292. The van der Waals surface area contributed by atoms with Gasteiger partial charge in [0, 0.05) is 0 Å². The van der Waals surface area contributed by atoms with Crippen LogP contribution in [0.1, 0.15) is 129 Å². The van der Waals surface area contributed by atoms with E-state index in [1.165, 1.54) is 89.9 Å². The Bertz CT molecular complexity index is 445. The average molecular weight is 419 g/mol. The van der Waals surface area contributed by atoms with Crippen LogP contribution in [0.4, 0.5) is 4.39 Å². The summed E-state index contributed by atoms with van der Waals surface area (Å²) in [5, 5.41) is 0. The maximum Gasteiger partial charge on any atom is 0.108 e. The summed E-state index contributed by atoms with van der Waals surface area (Å²) in [5.41, 5.74) is 0. The largest absolute Gasteiger partial charge is 0.247 e. The Hall–Kier alpha value is -0.330. The molecule has 174 valence electrons.